The van der Waals surface area contributed by atoms with E-state index in [1.165, 1.54) is 12.1 Å². The summed E-state index contributed by atoms with van der Waals surface area (Å²) < 4.78 is 4.93. The maximum atomic E-state index is 11.9. The third-order valence-electron chi connectivity index (χ3n) is 2.62. The van der Waals surface area contributed by atoms with Crippen molar-refractivity contribution in [3.8, 4) is 11.1 Å². The molecule has 2 rings (SSSR count). The first kappa shape index (κ1) is 14.6. The molecular weight excluding hydrogens is 301 g/mol. The van der Waals surface area contributed by atoms with E-state index in [0.29, 0.717) is 21.2 Å². The number of aromatic amines is 1. The highest BCUT2D eigenvalue weighted by Crippen LogP contribution is 2.31. The molecule has 4 nitrogen and oxygen atoms in total. The van der Waals surface area contributed by atoms with Crippen molar-refractivity contribution in [1.82, 2.24) is 4.98 Å². The van der Waals surface area contributed by atoms with Gasteiger partial charge in [0.15, 0.2) is 0 Å². The lowest BCUT2D eigenvalue weighted by Gasteiger charge is -2.10. The summed E-state index contributed by atoms with van der Waals surface area (Å²) in [6.07, 6.45) is 0. The van der Waals surface area contributed by atoms with Crippen LogP contribution in [-0.4, -0.2) is 17.6 Å². The van der Waals surface area contributed by atoms with E-state index < -0.39 is 11.5 Å². The van der Waals surface area contributed by atoms with Crippen LogP contribution in [0.1, 0.15) is 17.4 Å². The van der Waals surface area contributed by atoms with Crippen LogP contribution in [-0.2, 0) is 4.74 Å². The first-order valence-electron chi connectivity index (χ1n) is 5.88. The second kappa shape index (κ2) is 6.11. The third-order valence-corrected chi connectivity index (χ3v) is 3.18. The second-order valence-corrected chi connectivity index (χ2v) is 4.80. The number of hydrogen-bond donors (Lipinski definition) is 1. The van der Waals surface area contributed by atoms with Crippen LogP contribution in [0.5, 0.6) is 0 Å². The Labute approximate surface area is 125 Å². The standard InChI is InChI=1S/C14H11Cl2NO3/c1-2-20-14(19)13-9(4-6-12(18)17-13)10-7-8(15)3-5-11(10)16/h3-7H,2H2,1H3,(H,17,18). The fraction of sp³-hybridized carbons (Fsp3) is 0.143. The highest BCUT2D eigenvalue weighted by molar-refractivity contribution is 6.35. The molecule has 0 amide bonds. The summed E-state index contributed by atoms with van der Waals surface area (Å²) in [4.78, 5) is 25.8. The number of H-pyrrole nitrogens is 1. The van der Waals surface area contributed by atoms with Gasteiger partial charge in [0, 0.05) is 27.2 Å². The first-order chi connectivity index (χ1) is 9.52. The van der Waals surface area contributed by atoms with Gasteiger partial charge in [-0.1, -0.05) is 23.2 Å². The van der Waals surface area contributed by atoms with E-state index in [1.54, 1.807) is 25.1 Å². The topological polar surface area (TPSA) is 59.2 Å². The SMILES string of the molecule is CCOC(=O)c1[nH]c(=O)ccc1-c1cc(Cl)ccc1Cl. The van der Waals surface area contributed by atoms with Gasteiger partial charge in [0.2, 0.25) is 5.56 Å². The number of aromatic nitrogens is 1. The number of nitrogens with one attached hydrogen (secondary N) is 1. The average Bonchev–Trinajstić information content (AvgIpc) is 2.42. The number of esters is 1. The minimum absolute atomic E-state index is 0.0588. The number of carbonyl (C=O) groups is 1. The second-order valence-electron chi connectivity index (χ2n) is 3.96. The normalized spacial score (nSPS) is 10.3. The largest absolute Gasteiger partial charge is 0.461 e. The smallest absolute Gasteiger partial charge is 0.355 e. The van der Waals surface area contributed by atoms with Crippen molar-refractivity contribution in [3.05, 3.63) is 56.4 Å². The molecule has 2 aromatic rings. The molecule has 0 spiro atoms. The molecule has 0 fully saturated rings. The van der Waals surface area contributed by atoms with E-state index in [4.69, 9.17) is 27.9 Å². The molecule has 104 valence electrons. The van der Waals surface area contributed by atoms with Crippen molar-refractivity contribution in [1.29, 1.82) is 0 Å². The number of pyridine rings is 1. The van der Waals surface area contributed by atoms with Crippen LogP contribution in [0.2, 0.25) is 10.0 Å². The van der Waals surface area contributed by atoms with Crippen LogP contribution < -0.4 is 5.56 Å². The summed E-state index contributed by atoms with van der Waals surface area (Å²) in [5.41, 5.74) is 0.687. The molecule has 0 aliphatic rings. The van der Waals surface area contributed by atoms with Gasteiger partial charge in [-0.15, -0.1) is 0 Å². The lowest BCUT2D eigenvalue weighted by molar-refractivity contribution is 0.0520. The summed E-state index contributed by atoms with van der Waals surface area (Å²) in [5, 5.41) is 0.900. The van der Waals surface area contributed by atoms with E-state index in [2.05, 4.69) is 4.98 Å². The molecule has 0 aliphatic carbocycles. The van der Waals surface area contributed by atoms with Crippen LogP contribution in [0.4, 0.5) is 0 Å². The molecule has 0 bridgehead atoms. The first-order valence-corrected chi connectivity index (χ1v) is 6.64. The summed E-state index contributed by atoms with van der Waals surface area (Å²) in [5.74, 6) is -0.615. The van der Waals surface area contributed by atoms with Gasteiger partial charge in [-0.05, 0) is 31.2 Å². The Morgan fingerprint density at radius 3 is 2.65 bits per heavy atom. The van der Waals surface area contributed by atoms with Gasteiger partial charge in [0.1, 0.15) is 5.69 Å². The van der Waals surface area contributed by atoms with Gasteiger partial charge >= 0.3 is 5.97 Å². The number of benzene rings is 1. The summed E-state index contributed by atoms with van der Waals surface area (Å²) >= 11 is 12.1. The van der Waals surface area contributed by atoms with E-state index in [0.717, 1.165) is 0 Å². The highest BCUT2D eigenvalue weighted by atomic mass is 35.5. The zero-order chi connectivity index (χ0) is 14.7. The zero-order valence-corrected chi connectivity index (χ0v) is 12.1. The van der Waals surface area contributed by atoms with E-state index in [9.17, 15) is 9.59 Å². The van der Waals surface area contributed by atoms with Crippen LogP contribution >= 0.6 is 23.2 Å². The summed E-state index contributed by atoms with van der Waals surface area (Å²) in [6.45, 7) is 1.89. The monoisotopic (exact) mass is 311 g/mol. The molecule has 6 heteroatoms. The fourth-order valence-electron chi connectivity index (χ4n) is 1.77. The Hall–Kier alpha value is -1.78. The predicted octanol–water partition coefficient (Wildman–Crippen LogP) is 3.53. The molecule has 0 saturated carbocycles. The minimum Gasteiger partial charge on any atom is -0.461 e. The Kier molecular flexibility index (Phi) is 4.47. The van der Waals surface area contributed by atoms with Gasteiger partial charge < -0.3 is 9.72 Å². The number of ether oxygens (including phenoxy) is 1. The number of halogens is 2. The number of carbonyl (C=O) groups excluding carboxylic acids is 1. The lowest BCUT2D eigenvalue weighted by atomic mass is 10.0. The predicted molar refractivity (Wildman–Crippen MR) is 78.5 cm³/mol. The van der Waals surface area contributed by atoms with Crippen LogP contribution in [0.15, 0.2) is 35.1 Å². The number of rotatable bonds is 3. The van der Waals surface area contributed by atoms with Crippen molar-refractivity contribution in [2.45, 2.75) is 6.92 Å². The van der Waals surface area contributed by atoms with Crippen molar-refractivity contribution >= 4 is 29.2 Å². The molecule has 0 saturated heterocycles. The van der Waals surface area contributed by atoms with E-state index in [-0.39, 0.29) is 12.3 Å². The van der Waals surface area contributed by atoms with Gasteiger partial charge in [0.25, 0.3) is 0 Å². The maximum absolute atomic E-state index is 11.9. The van der Waals surface area contributed by atoms with E-state index in [1.807, 2.05) is 0 Å². The Bertz CT molecular complexity index is 710. The van der Waals surface area contributed by atoms with Crippen molar-refractivity contribution in [3.63, 3.8) is 0 Å². The van der Waals surface area contributed by atoms with Crippen molar-refractivity contribution in [2.75, 3.05) is 6.61 Å². The third kappa shape index (κ3) is 3.03. The minimum atomic E-state index is -0.615. The van der Waals surface area contributed by atoms with Crippen LogP contribution in [0.3, 0.4) is 0 Å². The molecule has 1 N–H and O–H groups in total. The Morgan fingerprint density at radius 2 is 1.95 bits per heavy atom. The van der Waals surface area contributed by atoms with Gasteiger partial charge in [-0.25, -0.2) is 4.79 Å². The number of hydrogen-bond acceptors (Lipinski definition) is 3. The molecule has 1 heterocycles. The summed E-state index contributed by atoms with van der Waals surface area (Å²) in [7, 11) is 0. The zero-order valence-electron chi connectivity index (χ0n) is 10.6. The fourth-order valence-corrected chi connectivity index (χ4v) is 2.16. The molecule has 20 heavy (non-hydrogen) atoms. The molecular formula is C14H11Cl2NO3. The molecule has 0 unspecified atom stereocenters. The molecule has 0 aliphatic heterocycles. The maximum Gasteiger partial charge on any atom is 0.355 e. The quantitative estimate of drug-likeness (QED) is 0.882. The average molecular weight is 312 g/mol. The molecule has 1 aromatic heterocycles. The Balaban J connectivity index is 2.64. The van der Waals surface area contributed by atoms with Crippen molar-refractivity contribution < 1.29 is 9.53 Å². The van der Waals surface area contributed by atoms with Crippen LogP contribution in [0.25, 0.3) is 11.1 Å². The van der Waals surface area contributed by atoms with Gasteiger partial charge in [-0.2, -0.15) is 0 Å². The molecule has 0 radical (unpaired) electrons. The van der Waals surface area contributed by atoms with Gasteiger partial charge in [0.05, 0.1) is 6.61 Å². The lowest BCUT2D eigenvalue weighted by Crippen LogP contribution is -2.15. The Morgan fingerprint density at radius 1 is 1.20 bits per heavy atom. The molecule has 1 aromatic carbocycles. The summed E-state index contributed by atoms with van der Waals surface area (Å²) in [6, 6.07) is 7.72. The van der Waals surface area contributed by atoms with Crippen LogP contribution in [0, 0.1) is 0 Å². The highest BCUT2D eigenvalue weighted by Gasteiger charge is 2.17. The van der Waals surface area contributed by atoms with E-state index >= 15 is 0 Å². The molecule has 0 atom stereocenters. The van der Waals surface area contributed by atoms with Crippen molar-refractivity contribution in [2.24, 2.45) is 0 Å². The van der Waals surface area contributed by atoms with Gasteiger partial charge in [-0.3, -0.25) is 4.79 Å².